The third-order valence-electron chi connectivity index (χ3n) is 3.30. The number of ether oxygens (including phenoxy) is 2. The van der Waals surface area contributed by atoms with Gasteiger partial charge in [-0.2, -0.15) is 0 Å². The molecule has 0 atom stereocenters. The van der Waals surface area contributed by atoms with Crippen LogP contribution in [0.25, 0.3) is 0 Å². The van der Waals surface area contributed by atoms with Gasteiger partial charge in [0.05, 0.1) is 6.61 Å². The summed E-state index contributed by atoms with van der Waals surface area (Å²) in [5.41, 5.74) is 8.23. The highest BCUT2D eigenvalue weighted by Crippen LogP contribution is 2.32. The standard InChI is InChI=1S/C15H23NO2/c1-11(2)10-18-13-3-4-14(15(16)9-13)12-5-7-17-8-6-12/h3-4,9,11-12H,5-8,10,16H2,1-2H3. The van der Waals surface area contributed by atoms with Crippen LogP contribution in [0.4, 0.5) is 5.69 Å². The molecule has 0 spiro atoms. The molecule has 3 heteroatoms. The summed E-state index contributed by atoms with van der Waals surface area (Å²) in [6.45, 7) is 6.70. The van der Waals surface area contributed by atoms with E-state index in [2.05, 4.69) is 19.9 Å². The molecule has 0 saturated carbocycles. The van der Waals surface area contributed by atoms with Gasteiger partial charge in [0, 0.05) is 25.0 Å². The molecule has 0 aromatic heterocycles. The van der Waals surface area contributed by atoms with Gasteiger partial charge in [-0.15, -0.1) is 0 Å². The lowest BCUT2D eigenvalue weighted by Gasteiger charge is -2.24. The minimum absolute atomic E-state index is 0.529. The molecule has 0 radical (unpaired) electrons. The average molecular weight is 249 g/mol. The van der Waals surface area contributed by atoms with E-state index in [-0.39, 0.29) is 0 Å². The summed E-state index contributed by atoms with van der Waals surface area (Å²) in [5.74, 6) is 1.94. The Kier molecular flexibility index (Phi) is 4.48. The first-order valence-corrected chi connectivity index (χ1v) is 6.76. The summed E-state index contributed by atoms with van der Waals surface area (Å²) in [5, 5.41) is 0. The molecule has 0 unspecified atom stereocenters. The molecule has 1 saturated heterocycles. The van der Waals surface area contributed by atoms with Crippen molar-refractivity contribution in [3.05, 3.63) is 23.8 Å². The number of anilines is 1. The second-order valence-corrected chi connectivity index (χ2v) is 5.38. The van der Waals surface area contributed by atoms with E-state index >= 15 is 0 Å². The van der Waals surface area contributed by atoms with E-state index in [1.54, 1.807) is 0 Å². The SMILES string of the molecule is CC(C)COc1ccc(C2CCOCC2)c(N)c1. The second-order valence-electron chi connectivity index (χ2n) is 5.38. The quantitative estimate of drug-likeness (QED) is 0.833. The van der Waals surface area contributed by atoms with Crippen molar-refractivity contribution in [1.29, 1.82) is 0 Å². The van der Waals surface area contributed by atoms with Crippen LogP contribution < -0.4 is 10.5 Å². The average Bonchev–Trinajstić information content (AvgIpc) is 2.37. The van der Waals surface area contributed by atoms with E-state index in [1.807, 2.05) is 12.1 Å². The van der Waals surface area contributed by atoms with Crippen molar-refractivity contribution in [2.24, 2.45) is 5.92 Å². The van der Waals surface area contributed by atoms with Gasteiger partial charge in [-0.05, 0) is 36.3 Å². The molecule has 100 valence electrons. The molecule has 1 aromatic carbocycles. The highest BCUT2D eigenvalue weighted by molar-refractivity contribution is 5.53. The summed E-state index contributed by atoms with van der Waals surface area (Å²) < 4.78 is 11.1. The van der Waals surface area contributed by atoms with Crippen molar-refractivity contribution < 1.29 is 9.47 Å². The Morgan fingerprint density at radius 3 is 2.67 bits per heavy atom. The highest BCUT2D eigenvalue weighted by Gasteiger charge is 2.18. The Morgan fingerprint density at radius 2 is 2.06 bits per heavy atom. The fourth-order valence-electron chi connectivity index (χ4n) is 2.29. The van der Waals surface area contributed by atoms with Crippen LogP contribution in [0.15, 0.2) is 18.2 Å². The maximum Gasteiger partial charge on any atom is 0.121 e. The van der Waals surface area contributed by atoms with Gasteiger partial charge in [-0.1, -0.05) is 19.9 Å². The fourth-order valence-corrected chi connectivity index (χ4v) is 2.29. The van der Waals surface area contributed by atoms with Crippen LogP contribution in [-0.4, -0.2) is 19.8 Å². The van der Waals surface area contributed by atoms with E-state index in [9.17, 15) is 0 Å². The van der Waals surface area contributed by atoms with Crippen LogP contribution in [0.2, 0.25) is 0 Å². The molecule has 2 N–H and O–H groups in total. The van der Waals surface area contributed by atoms with Gasteiger partial charge in [0.25, 0.3) is 0 Å². The van der Waals surface area contributed by atoms with Crippen molar-refractivity contribution in [1.82, 2.24) is 0 Å². The van der Waals surface area contributed by atoms with E-state index in [0.29, 0.717) is 11.8 Å². The zero-order valence-corrected chi connectivity index (χ0v) is 11.3. The zero-order valence-electron chi connectivity index (χ0n) is 11.3. The van der Waals surface area contributed by atoms with Crippen LogP contribution in [0.5, 0.6) is 5.75 Å². The molecule has 18 heavy (non-hydrogen) atoms. The molecule has 1 aromatic rings. The van der Waals surface area contributed by atoms with Crippen molar-refractivity contribution in [2.45, 2.75) is 32.6 Å². The monoisotopic (exact) mass is 249 g/mol. The first kappa shape index (κ1) is 13.2. The molecule has 1 aliphatic rings. The van der Waals surface area contributed by atoms with Gasteiger partial charge in [0.15, 0.2) is 0 Å². The smallest absolute Gasteiger partial charge is 0.121 e. The number of rotatable bonds is 4. The number of hydrogen-bond acceptors (Lipinski definition) is 3. The predicted octanol–water partition coefficient (Wildman–Crippen LogP) is 3.20. The molecule has 0 bridgehead atoms. The number of nitrogens with two attached hydrogens (primary N) is 1. The van der Waals surface area contributed by atoms with Crippen molar-refractivity contribution in [3.8, 4) is 5.75 Å². The van der Waals surface area contributed by atoms with Gasteiger partial charge in [-0.3, -0.25) is 0 Å². The number of nitrogen functional groups attached to an aromatic ring is 1. The van der Waals surface area contributed by atoms with Gasteiger partial charge in [-0.25, -0.2) is 0 Å². The molecule has 2 rings (SSSR count). The van der Waals surface area contributed by atoms with Crippen molar-refractivity contribution in [3.63, 3.8) is 0 Å². The summed E-state index contributed by atoms with van der Waals surface area (Å²) >= 11 is 0. The van der Waals surface area contributed by atoms with Crippen LogP contribution in [0.3, 0.4) is 0 Å². The maximum absolute atomic E-state index is 6.14. The van der Waals surface area contributed by atoms with Crippen LogP contribution >= 0.6 is 0 Å². The Balaban J connectivity index is 2.04. The lowest BCUT2D eigenvalue weighted by Crippen LogP contribution is -2.15. The second kappa shape index (κ2) is 6.10. The third kappa shape index (κ3) is 3.39. The van der Waals surface area contributed by atoms with E-state index in [4.69, 9.17) is 15.2 Å². The molecule has 3 nitrogen and oxygen atoms in total. The molecule has 0 amide bonds. The minimum atomic E-state index is 0.529. The Hall–Kier alpha value is -1.22. The van der Waals surface area contributed by atoms with Crippen LogP contribution in [-0.2, 0) is 4.74 Å². The zero-order chi connectivity index (χ0) is 13.0. The summed E-state index contributed by atoms with van der Waals surface area (Å²) in [7, 11) is 0. The maximum atomic E-state index is 6.14. The fraction of sp³-hybridized carbons (Fsp3) is 0.600. The van der Waals surface area contributed by atoms with Gasteiger partial charge < -0.3 is 15.2 Å². The van der Waals surface area contributed by atoms with Crippen molar-refractivity contribution >= 4 is 5.69 Å². The van der Waals surface area contributed by atoms with E-state index in [1.165, 1.54) is 5.56 Å². The lowest BCUT2D eigenvalue weighted by molar-refractivity contribution is 0.0854. The minimum Gasteiger partial charge on any atom is -0.493 e. The Labute approximate surface area is 109 Å². The summed E-state index contributed by atoms with van der Waals surface area (Å²) in [4.78, 5) is 0. The first-order chi connectivity index (χ1) is 8.66. The summed E-state index contributed by atoms with van der Waals surface area (Å²) in [6, 6.07) is 6.09. The Bertz CT molecular complexity index is 384. The van der Waals surface area contributed by atoms with Crippen molar-refractivity contribution in [2.75, 3.05) is 25.6 Å². The number of benzene rings is 1. The molecule has 1 fully saturated rings. The Morgan fingerprint density at radius 1 is 1.33 bits per heavy atom. The van der Waals surface area contributed by atoms with Gasteiger partial charge >= 0.3 is 0 Å². The number of hydrogen-bond donors (Lipinski definition) is 1. The third-order valence-corrected chi connectivity index (χ3v) is 3.30. The lowest BCUT2D eigenvalue weighted by atomic mass is 9.90. The van der Waals surface area contributed by atoms with Gasteiger partial charge in [0.2, 0.25) is 0 Å². The molecule has 0 aliphatic carbocycles. The molecule has 1 aliphatic heterocycles. The van der Waals surface area contributed by atoms with E-state index in [0.717, 1.165) is 44.1 Å². The van der Waals surface area contributed by atoms with E-state index < -0.39 is 0 Å². The summed E-state index contributed by atoms with van der Waals surface area (Å²) in [6.07, 6.45) is 2.13. The molecular formula is C15H23NO2. The van der Waals surface area contributed by atoms with Crippen LogP contribution in [0, 0.1) is 5.92 Å². The van der Waals surface area contributed by atoms with Gasteiger partial charge in [0.1, 0.15) is 5.75 Å². The molecular weight excluding hydrogens is 226 g/mol. The first-order valence-electron chi connectivity index (χ1n) is 6.76. The molecule has 1 heterocycles. The van der Waals surface area contributed by atoms with Crippen LogP contribution in [0.1, 0.15) is 38.2 Å². The highest BCUT2D eigenvalue weighted by atomic mass is 16.5. The largest absolute Gasteiger partial charge is 0.493 e. The predicted molar refractivity (Wildman–Crippen MR) is 74.0 cm³/mol. The topological polar surface area (TPSA) is 44.5 Å². The normalized spacial score (nSPS) is 17.1.